The minimum atomic E-state index is -0.712. The van der Waals surface area contributed by atoms with Crippen molar-refractivity contribution in [3.05, 3.63) is 23.8 Å². The van der Waals surface area contributed by atoms with Crippen molar-refractivity contribution in [1.82, 2.24) is 10.1 Å². The summed E-state index contributed by atoms with van der Waals surface area (Å²) in [6.07, 6.45) is -0.712. The van der Waals surface area contributed by atoms with Crippen LogP contribution in [0.4, 0.5) is 0 Å². The van der Waals surface area contributed by atoms with E-state index in [9.17, 15) is 10.4 Å². The molecule has 0 spiro atoms. The third kappa shape index (κ3) is 2.19. The number of hydrogen-bond acceptors (Lipinski definition) is 6. The molecule has 0 aromatic heterocycles. The van der Waals surface area contributed by atoms with E-state index in [4.69, 9.17) is 9.47 Å². The molecule has 0 radical (unpaired) electrons. The predicted molar refractivity (Wildman–Crippen MR) is 77.7 cm³/mol. The summed E-state index contributed by atoms with van der Waals surface area (Å²) in [4.78, 5) is 0. The van der Waals surface area contributed by atoms with Crippen molar-refractivity contribution in [2.24, 2.45) is 0 Å². The van der Waals surface area contributed by atoms with E-state index in [0.717, 1.165) is 10.1 Å². The van der Waals surface area contributed by atoms with Gasteiger partial charge < -0.3 is 19.9 Å². The smallest absolute Gasteiger partial charge is 0.140 e. The Morgan fingerprint density at radius 1 is 0.952 bits per heavy atom. The van der Waals surface area contributed by atoms with E-state index in [1.807, 2.05) is 27.7 Å². The number of hydroxylamine groups is 4. The molecule has 2 N–H and O–H groups in total. The van der Waals surface area contributed by atoms with Gasteiger partial charge in [-0.3, -0.25) is 0 Å². The van der Waals surface area contributed by atoms with Gasteiger partial charge in [-0.05, 0) is 39.8 Å². The van der Waals surface area contributed by atoms with Crippen LogP contribution in [0.2, 0.25) is 0 Å². The van der Waals surface area contributed by atoms with Crippen LogP contribution in [-0.4, -0.2) is 45.8 Å². The van der Waals surface area contributed by atoms with Crippen LogP contribution >= 0.6 is 0 Å². The average Bonchev–Trinajstić information content (AvgIpc) is 2.57. The van der Waals surface area contributed by atoms with Gasteiger partial charge in [0.1, 0.15) is 17.7 Å². The molecule has 1 fully saturated rings. The van der Waals surface area contributed by atoms with Gasteiger partial charge in [0.2, 0.25) is 0 Å². The Labute approximate surface area is 125 Å². The summed E-state index contributed by atoms with van der Waals surface area (Å²) in [5.41, 5.74) is -0.615. The van der Waals surface area contributed by atoms with Gasteiger partial charge in [-0.1, -0.05) is 0 Å². The summed E-state index contributed by atoms with van der Waals surface area (Å²) in [6.45, 7) is 7.52. The summed E-state index contributed by atoms with van der Waals surface area (Å²) in [5, 5.41) is 23.5. The molecule has 118 valence electrons. The second-order valence-corrected chi connectivity index (χ2v) is 6.29. The molecule has 0 unspecified atom stereocenters. The van der Waals surface area contributed by atoms with Crippen molar-refractivity contribution in [3.8, 4) is 11.5 Å². The van der Waals surface area contributed by atoms with Crippen LogP contribution in [0.25, 0.3) is 0 Å². The second-order valence-electron chi connectivity index (χ2n) is 6.29. The van der Waals surface area contributed by atoms with Crippen LogP contribution in [0.1, 0.15) is 39.4 Å². The van der Waals surface area contributed by atoms with Crippen LogP contribution in [-0.2, 0) is 0 Å². The molecule has 1 heterocycles. The highest BCUT2D eigenvalue weighted by molar-refractivity contribution is 5.43. The molecule has 1 aliphatic rings. The summed E-state index contributed by atoms with van der Waals surface area (Å²) in [5.74, 6) is 1.20. The Kier molecular flexibility index (Phi) is 3.92. The first-order valence-electron chi connectivity index (χ1n) is 6.87. The van der Waals surface area contributed by atoms with Crippen LogP contribution < -0.4 is 9.47 Å². The fraction of sp³-hybridized carbons (Fsp3) is 0.600. The lowest BCUT2D eigenvalue weighted by molar-refractivity contribution is -0.223. The molecule has 6 heteroatoms. The zero-order valence-corrected chi connectivity index (χ0v) is 13.4. The molecule has 0 atom stereocenters. The van der Waals surface area contributed by atoms with Gasteiger partial charge >= 0.3 is 0 Å². The first-order chi connectivity index (χ1) is 9.68. The van der Waals surface area contributed by atoms with Crippen LogP contribution in [0.5, 0.6) is 11.5 Å². The molecule has 0 saturated carbocycles. The quantitative estimate of drug-likeness (QED) is 0.894. The van der Waals surface area contributed by atoms with E-state index >= 15 is 0 Å². The van der Waals surface area contributed by atoms with E-state index in [2.05, 4.69) is 0 Å². The number of rotatable bonds is 3. The van der Waals surface area contributed by atoms with Gasteiger partial charge in [-0.15, -0.1) is 0 Å². The number of hydrogen-bond donors (Lipinski definition) is 2. The maximum Gasteiger partial charge on any atom is 0.140 e. The average molecular weight is 296 g/mol. The molecule has 1 aromatic rings. The Morgan fingerprint density at radius 2 is 1.48 bits per heavy atom. The van der Waals surface area contributed by atoms with Crippen molar-refractivity contribution in [3.63, 3.8) is 0 Å². The lowest BCUT2D eigenvalue weighted by Gasteiger charge is -2.37. The Morgan fingerprint density at radius 3 is 1.90 bits per heavy atom. The fourth-order valence-corrected chi connectivity index (χ4v) is 2.57. The minimum Gasteiger partial charge on any atom is -0.497 e. The minimum absolute atomic E-state index is 0.547. The zero-order valence-electron chi connectivity index (χ0n) is 13.4. The molecular formula is C15H24N2O4. The van der Waals surface area contributed by atoms with Crippen molar-refractivity contribution in [2.75, 3.05) is 14.2 Å². The van der Waals surface area contributed by atoms with Gasteiger partial charge in [-0.25, -0.2) is 0 Å². The maximum absolute atomic E-state index is 10.6. The second kappa shape index (κ2) is 5.14. The molecule has 1 saturated heterocycles. The number of benzene rings is 1. The van der Waals surface area contributed by atoms with E-state index in [1.165, 1.54) is 0 Å². The zero-order chi connectivity index (χ0) is 16.0. The monoisotopic (exact) mass is 296 g/mol. The van der Waals surface area contributed by atoms with E-state index in [1.54, 1.807) is 32.4 Å². The first-order valence-corrected chi connectivity index (χ1v) is 6.87. The number of ether oxygens (including phenoxy) is 2. The third-order valence-corrected chi connectivity index (χ3v) is 4.82. The number of methoxy groups -OCH3 is 2. The maximum atomic E-state index is 10.6. The van der Waals surface area contributed by atoms with Crippen molar-refractivity contribution in [1.29, 1.82) is 0 Å². The van der Waals surface area contributed by atoms with Gasteiger partial charge in [-0.2, -0.15) is 10.1 Å². The Hall–Kier alpha value is -1.34. The van der Waals surface area contributed by atoms with Crippen LogP contribution in [0, 0.1) is 0 Å². The van der Waals surface area contributed by atoms with E-state index in [-0.39, 0.29) is 0 Å². The lowest BCUT2D eigenvalue weighted by Crippen LogP contribution is -2.52. The first kappa shape index (κ1) is 16.0. The lowest BCUT2D eigenvalue weighted by atomic mass is 9.84. The molecule has 0 amide bonds. The van der Waals surface area contributed by atoms with Crippen molar-refractivity contribution >= 4 is 0 Å². The summed E-state index contributed by atoms with van der Waals surface area (Å²) in [7, 11) is 3.12. The van der Waals surface area contributed by atoms with Crippen LogP contribution in [0.15, 0.2) is 18.2 Å². The summed E-state index contributed by atoms with van der Waals surface area (Å²) in [6, 6.07) is 5.29. The predicted octanol–water partition coefficient (Wildman–Crippen LogP) is 2.66. The van der Waals surface area contributed by atoms with Gasteiger partial charge in [0, 0.05) is 11.6 Å². The van der Waals surface area contributed by atoms with Crippen molar-refractivity contribution < 1.29 is 19.9 Å². The topological polar surface area (TPSA) is 65.4 Å². The molecule has 21 heavy (non-hydrogen) atoms. The summed E-state index contributed by atoms with van der Waals surface area (Å²) < 4.78 is 10.6. The van der Waals surface area contributed by atoms with Gasteiger partial charge in [0.05, 0.1) is 25.3 Å². The van der Waals surface area contributed by atoms with Crippen LogP contribution in [0.3, 0.4) is 0 Å². The van der Waals surface area contributed by atoms with Gasteiger partial charge in [0.15, 0.2) is 0 Å². The highest BCUT2D eigenvalue weighted by atomic mass is 16.6. The van der Waals surface area contributed by atoms with Crippen molar-refractivity contribution in [2.45, 2.75) is 44.9 Å². The Bertz CT molecular complexity index is 510. The molecule has 1 aliphatic heterocycles. The number of nitrogens with zero attached hydrogens (tertiary/aromatic N) is 2. The Balaban J connectivity index is 2.52. The SMILES string of the molecule is COc1ccc(C2N(O)C(C)(C)C(C)(C)N2O)c(OC)c1. The highest BCUT2D eigenvalue weighted by Gasteiger charge is 2.58. The van der Waals surface area contributed by atoms with E-state index < -0.39 is 17.2 Å². The van der Waals surface area contributed by atoms with E-state index in [0.29, 0.717) is 17.1 Å². The van der Waals surface area contributed by atoms with Gasteiger partial charge in [0.25, 0.3) is 0 Å². The molecular weight excluding hydrogens is 272 g/mol. The molecule has 0 bridgehead atoms. The standard InChI is InChI=1S/C15H24N2O4/c1-14(2)15(3,4)17(19)13(16(14)18)11-8-7-10(20-5)9-12(11)21-6/h7-9,13,18-19H,1-6H3. The highest BCUT2D eigenvalue weighted by Crippen LogP contribution is 2.49. The molecule has 1 aromatic carbocycles. The normalized spacial score (nSPS) is 22.5. The molecule has 6 nitrogen and oxygen atoms in total. The molecule has 2 rings (SSSR count). The molecule has 0 aliphatic carbocycles. The summed E-state index contributed by atoms with van der Waals surface area (Å²) >= 11 is 0. The third-order valence-electron chi connectivity index (χ3n) is 4.82. The fourth-order valence-electron chi connectivity index (χ4n) is 2.57. The largest absolute Gasteiger partial charge is 0.497 e.